The highest BCUT2D eigenvalue weighted by molar-refractivity contribution is 5.12. The van der Waals surface area contributed by atoms with Crippen LogP contribution in [0, 0.1) is 0 Å². The zero-order chi connectivity index (χ0) is 17.3. The number of unbranched alkanes of at least 4 members (excludes halogenated alkanes) is 12. The number of H-pyrrole nitrogens is 1. The summed E-state index contributed by atoms with van der Waals surface area (Å²) in [5.74, 6) is 1.28. The van der Waals surface area contributed by atoms with Crippen LogP contribution in [0.1, 0.15) is 103 Å². The van der Waals surface area contributed by atoms with Crippen LogP contribution in [-0.4, -0.2) is 15.2 Å². The number of nitrogens with two attached hydrogens (primary N) is 1. The lowest BCUT2D eigenvalue weighted by molar-refractivity contribution is 0.591. The first-order chi connectivity index (χ1) is 11.8. The molecule has 0 aliphatic rings. The van der Waals surface area contributed by atoms with Gasteiger partial charge in [0, 0.05) is 6.42 Å². The predicted molar refractivity (Wildman–Crippen MR) is 104 cm³/mol. The van der Waals surface area contributed by atoms with Gasteiger partial charge in [0.1, 0.15) is 5.82 Å². The van der Waals surface area contributed by atoms with Crippen LogP contribution in [0.5, 0.6) is 0 Å². The van der Waals surface area contributed by atoms with Crippen molar-refractivity contribution in [1.82, 2.24) is 15.2 Å². The number of anilines is 1. The summed E-state index contributed by atoms with van der Waals surface area (Å²) in [7, 11) is 0. The van der Waals surface area contributed by atoms with Crippen molar-refractivity contribution in [1.29, 1.82) is 0 Å². The summed E-state index contributed by atoms with van der Waals surface area (Å²) >= 11 is 0. The van der Waals surface area contributed by atoms with Crippen LogP contribution in [0.15, 0.2) is 12.2 Å². The number of hydrogen-bond donors (Lipinski definition) is 2. The number of nitrogens with one attached hydrogen (secondary N) is 1. The van der Waals surface area contributed by atoms with Crippen molar-refractivity contribution in [2.45, 2.75) is 103 Å². The fourth-order valence-electron chi connectivity index (χ4n) is 2.96. The van der Waals surface area contributed by atoms with E-state index < -0.39 is 0 Å². The van der Waals surface area contributed by atoms with Gasteiger partial charge in [-0.3, -0.25) is 5.10 Å². The molecule has 0 aromatic carbocycles. The van der Waals surface area contributed by atoms with Crippen LogP contribution in [-0.2, 0) is 6.42 Å². The molecule has 0 saturated heterocycles. The monoisotopic (exact) mass is 334 g/mol. The summed E-state index contributed by atoms with van der Waals surface area (Å²) in [6, 6.07) is 0. The summed E-state index contributed by atoms with van der Waals surface area (Å²) in [4.78, 5) is 4.12. The first-order valence-electron chi connectivity index (χ1n) is 10.1. The Bertz CT molecular complexity index is 412. The molecule has 3 N–H and O–H groups in total. The average molecular weight is 335 g/mol. The Kier molecular flexibility index (Phi) is 13.1. The van der Waals surface area contributed by atoms with Crippen LogP contribution >= 0.6 is 0 Å². The normalized spacial score (nSPS) is 11.5. The van der Waals surface area contributed by atoms with Crippen molar-refractivity contribution >= 4 is 5.95 Å². The van der Waals surface area contributed by atoms with Gasteiger partial charge < -0.3 is 5.73 Å². The topological polar surface area (TPSA) is 67.6 Å². The van der Waals surface area contributed by atoms with Crippen molar-refractivity contribution in [3.8, 4) is 0 Å². The Morgan fingerprint density at radius 3 is 1.88 bits per heavy atom. The quantitative estimate of drug-likeness (QED) is 0.289. The molecule has 0 atom stereocenters. The number of aromatic nitrogens is 3. The molecule has 4 nitrogen and oxygen atoms in total. The zero-order valence-electron chi connectivity index (χ0n) is 15.7. The van der Waals surface area contributed by atoms with E-state index in [1.807, 2.05) is 0 Å². The maximum Gasteiger partial charge on any atom is 0.239 e. The second-order valence-electron chi connectivity index (χ2n) is 6.83. The molecular weight excluding hydrogens is 296 g/mol. The fraction of sp³-hybridized carbons (Fsp3) is 0.800. The standard InChI is InChI=1S/C20H38N4/c1-2-3-4-5-6-7-8-9-10-11-12-13-14-15-16-17-18-19-22-20(21)24-23-19/h9-10H,2-8,11-18H2,1H3,(H3,21,22,23,24)/b10-9-. The molecule has 0 aliphatic carbocycles. The third-order valence-corrected chi connectivity index (χ3v) is 4.47. The lowest BCUT2D eigenvalue weighted by Crippen LogP contribution is -1.90. The summed E-state index contributed by atoms with van der Waals surface area (Å²) in [5.41, 5.74) is 5.48. The SMILES string of the molecule is CCCCCCCC/C=C\CCCCCCCCc1nc(N)n[nH]1. The van der Waals surface area contributed by atoms with Gasteiger partial charge in [-0.05, 0) is 32.1 Å². The van der Waals surface area contributed by atoms with Crippen molar-refractivity contribution < 1.29 is 0 Å². The molecule has 0 bridgehead atoms. The Labute approximate surface area is 148 Å². The van der Waals surface area contributed by atoms with Gasteiger partial charge >= 0.3 is 0 Å². The van der Waals surface area contributed by atoms with E-state index in [1.54, 1.807) is 0 Å². The van der Waals surface area contributed by atoms with Crippen LogP contribution in [0.2, 0.25) is 0 Å². The molecule has 1 heterocycles. The summed E-state index contributed by atoms with van der Waals surface area (Å²) < 4.78 is 0. The maximum atomic E-state index is 5.48. The Hall–Kier alpha value is -1.32. The largest absolute Gasteiger partial charge is 0.367 e. The van der Waals surface area contributed by atoms with E-state index in [9.17, 15) is 0 Å². The van der Waals surface area contributed by atoms with Crippen LogP contribution in [0.25, 0.3) is 0 Å². The molecule has 1 rings (SSSR count). The number of rotatable bonds is 16. The Balaban J connectivity index is 1.76. The molecule has 0 fully saturated rings. The molecule has 0 unspecified atom stereocenters. The van der Waals surface area contributed by atoms with Crippen molar-refractivity contribution in [2.75, 3.05) is 5.73 Å². The second-order valence-corrected chi connectivity index (χ2v) is 6.83. The van der Waals surface area contributed by atoms with Crippen LogP contribution in [0.3, 0.4) is 0 Å². The highest BCUT2D eigenvalue weighted by Crippen LogP contribution is 2.10. The highest BCUT2D eigenvalue weighted by Gasteiger charge is 1.99. The van der Waals surface area contributed by atoms with Crippen molar-refractivity contribution in [3.05, 3.63) is 18.0 Å². The van der Waals surface area contributed by atoms with E-state index in [0.717, 1.165) is 12.2 Å². The lowest BCUT2D eigenvalue weighted by Gasteiger charge is -2.00. The third kappa shape index (κ3) is 12.1. The number of aryl methyl sites for hydroxylation is 1. The number of nitrogens with zero attached hydrogens (tertiary/aromatic N) is 2. The van der Waals surface area contributed by atoms with Gasteiger partial charge in [0.25, 0.3) is 0 Å². The van der Waals surface area contributed by atoms with E-state index in [1.165, 1.54) is 89.9 Å². The molecule has 0 saturated carbocycles. The maximum absolute atomic E-state index is 5.48. The molecule has 0 aliphatic heterocycles. The first-order valence-corrected chi connectivity index (χ1v) is 10.1. The van der Waals surface area contributed by atoms with Gasteiger partial charge in [0.2, 0.25) is 5.95 Å². The summed E-state index contributed by atoms with van der Waals surface area (Å²) in [5, 5.41) is 6.71. The van der Waals surface area contributed by atoms with Gasteiger partial charge in [-0.25, -0.2) is 0 Å². The van der Waals surface area contributed by atoms with E-state index >= 15 is 0 Å². The molecule has 138 valence electrons. The van der Waals surface area contributed by atoms with Crippen LogP contribution in [0.4, 0.5) is 5.95 Å². The minimum atomic E-state index is 0.356. The molecule has 1 aromatic heterocycles. The van der Waals surface area contributed by atoms with Gasteiger partial charge in [-0.1, -0.05) is 76.9 Å². The molecule has 0 spiro atoms. The molecular formula is C20H38N4. The molecule has 1 aromatic rings. The lowest BCUT2D eigenvalue weighted by atomic mass is 10.1. The van der Waals surface area contributed by atoms with Crippen molar-refractivity contribution in [2.24, 2.45) is 0 Å². The summed E-state index contributed by atoms with van der Waals surface area (Å²) in [6.07, 6.45) is 24.5. The predicted octanol–water partition coefficient (Wildman–Crippen LogP) is 5.97. The van der Waals surface area contributed by atoms with Gasteiger partial charge in [-0.15, -0.1) is 5.10 Å². The summed E-state index contributed by atoms with van der Waals surface area (Å²) in [6.45, 7) is 2.28. The smallest absolute Gasteiger partial charge is 0.239 e. The fourth-order valence-corrected chi connectivity index (χ4v) is 2.96. The number of nitrogen functional groups attached to an aromatic ring is 1. The van der Waals surface area contributed by atoms with E-state index in [4.69, 9.17) is 5.73 Å². The van der Waals surface area contributed by atoms with Gasteiger partial charge in [0.05, 0.1) is 0 Å². The molecule has 4 heteroatoms. The minimum absolute atomic E-state index is 0.356. The van der Waals surface area contributed by atoms with Crippen molar-refractivity contribution in [3.63, 3.8) is 0 Å². The highest BCUT2D eigenvalue weighted by atomic mass is 15.3. The third-order valence-electron chi connectivity index (χ3n) is 4.47. The average Bonchev–Trinajstić information content (AvgIpc) is 3.00. The zero-order valence-corrected chi connectivity index (χ0v) is 15.7. The van der Waals surface area contributed by atoms with Gasteiger partial charge in [-0.2, -0.15) is 4.98 Å². The number of aromatic amines is 1. The number of allylic oxidation sites excluding steroid dienone is 2. The van der Waals surface area contributed by atoms with E-state index in [-0.39, 0.29) is 0 Å². The molecule has 24 heavy (non-hydrogen) atoms. The van der Waals surface area contributed by atoms with Gasteiger partial charge in [0.15, 0.2) is 0 Å². The second kappa shape index (κ2) is 15.2. The van der Waals surface area contributed by atoms with Crippen LogP contribution < -0.4 is 5.73 Å². The van der Waals surface area contributed by atoms with E-state index in [0.29, 0.717) is 5.95 Å². The molecule has 0 amide bonds. The Morgan fingerprint density at radius 1 is 0.792 bits per heavy atom. The Morgan fingerprint density at radius 2 is 1.33 bits per heavy atom. The van der Waals surface area contributed by atoms with E-state index in [2.05, 4.69) is 34.3 Å². The minimum Gasteiger partial charge on any atom is -0.367 e. The molecule has 0 radical (unpaired) electrons. The number of hydrogen-bond acceptors (Lipinski definition) is 3. The first kappa shape index (κ1) is 20.7.